The van der Waals surface area contributed by atoms with Gasteiger partial charge in [0.25, 0.3) is 0 Å². The van der Waals surface area contributed by atoms with Gasteiger partial charge in [0.1, 0.15) is 17.6 Å². The second-order valence-corrected chi connectivity index (χ2v) is 7.57. The van der Waals surface area contributed by atoms with Gasteiger partial charge in [0.05, 0.1) is 23.8 Å². The monoisotopic (exact) mass is 381 g/mol. The van der Waals surface area contributed by atoms with Crippen molar-refractivity contribution in [1.29, 1.82) is 5.26 Å². The summed E-state index contributed by atoms with van der Waals surface area (Å²) in [5, 5.41) is 9.12. The first-order valence-electron chi connectivity index (χ1n) is 9.76. The van der Waals surface area contributed by atoms with Gasteiger partial charge in [-0.15, -0.1) is 0 Å². The number of benzene rings is 3. The zero-order valence-electron chi connectivity index (χ0n) is 15.8. The van der Waals surface area contributed by atoms with Crippen LogP contribution in [-0.2, 0) is 6.42 Å². The van der Waals surface area contributed by atoms with E-state index in [1.165, 1.54) is 5.56 Å². The highest BCUT2D eigenvalue weighted by molar-refractivity contribution is 6.01. The summed E-state index contributed by atoms with van der Waals surface area (Å²) in [6.07, 6.45) is 1.02. The van der Waals surface area contributed by atoms with Gasteiger partial charge in [0.2, 0.25) is 0 Å². The molecular weight excluding hydrogens is 362 g/mol. The molecule has 0 amide bonds. The first-order chi connectivity index (χ1) is 14.2. The molecule has 3 aromatic carbocycles. The second-order valence-electron chi connectivity index (χ2n) is 7.57. The van der Waals surface area contributed by atoms with E-state index < -0.39 is 0 Å². The van der Waals surface area contributed by atoms with Gasteiger partial charge in [0, 0.05) is 12.3 Å². The van der Waals surface area contributed by atoms with Crippen LogP contribution in [0.15, 0.2) is 66.7 Å². The van der Waals surface area contributed by atoms with E-state index >= 15 is 0 Å². The standard InChI is InChI=1S/C25H19NO3/c26-14-16-4-3-6-17(10-16)18-8-9-24-21(12-18)22(27)13-25(29-24)20-11-19-5-1-2-7-23(19)28-15-20/h1-10,12,20,25H,11,13,15H2. The quantitative estimate of drug-likeness (QED) is 0.639. The lowest BCUT2D eigenvalue weighted by Gasteiger charge is -2.34. The number of nitriles is 1. The van der Waals surface area contributed by atoms with Crippen molar-refractivity contribution in [2.24, 2.45) is 5.92 Å². The Morgan fingerprint density at radius 2 is 1.76 bits per heavy atom. The zero-order valence-corrected chi connectivity index (χ0v) is 15.8. The molecule has 0 bridgehead atoms. The smallest absolute Gasteiger partial charge is 0.170 e. The fourth-order valence-electron chi connectivity index (χ4n) is 4.15. The van der Waals surface area contributed by atoms with Gasteiger partial charge < -0.3 is 9.47 Å². The Morgan fingerprint density at radius 3 is 2.66 bits per heavy atom. The number of ether oxygens (including phenoxy) is 2. The van der Waals surface area contributed by atoms with Crippen LogP contribution in [0.1, 0.15) is 27.9 Å². The molecule has 29 heavy (non-hydrogen) atoms. The van der Waals surface area contributed by atoms with Crippen molar-refractivity contribution < 1.29 is 14.3 Å². The molecule has 2 heterocycles. The summed E-state index contributed by atoms with van der Waals surface area (Å²) in [4.78, 5) is 12.9. The molecule has 0 N–H and O–H groups in total. The maximum atomic E-state index is 12.9. The lowest BCUT2D eigenvalue weighted by Crippen LogP contribution is -2.39. The second kappa shape index (κ2) is 7.10. The number of rotatable bonds is 2. The summed E-state index contributed by atoms with van der Waals surface area (Å²) in [6.45, 7) is 0.559. The highest BCUT2D eigenvalue weighted by atomic mass is 16.5. The van der Waals surface area contributed by atoms with Crippen LogP contribution in [0, 0.1) is 17.2 Å². The number of nitrogens with zero attached hydrogens (tertiary/aromatic N) is 1. The van der Waals surface area contributed by atoms with E-state index in [9.17, 15) is 4.79 Å². The number of ketones is 1. The molecule has 3 aromatic rings. The van der Waals surface area contributed by atoms with Gasteiger partial charge >= 0.3 is 0 Å². The average Bonchev–Trinajstić information content (AvgIpc) is 2.78. The summed E-state index contributed by atoms with van der Waals surface area (Å²) in [6, 6.07) is 23.3. The molecule has 2 unspecified atom stereocenters. The van der Waals surface area contributed by atoms with Gasteiger partial charge in [-0.2, -0.15) is 5.26 Å². The van der Waals surface area contributed by atoms with E-state index in [1.807, 2.05) is 54.6 Å². The maximum Gasteiger partial charge on any atom is 0.170 e. The Balaban J connectivity index is 1.40. The van der Waals surface area contributed by atoms with Crippen LogP contribution in [0.3, 0.4) is 0 Å². The largest absolute Gasteiger partial charge is 0.493 e. The normalized spacial score (nSPS) is 19.9. The predicted octanol–water partition coefficient (Wildman–Crippen LogP) is 4.81. The van der Waals surface area contributed by atoms with Gasteiger partial charge in [0.15, 0.2) is 5.78 Å². The summed E-state index contributed by atoms with van der Waals surface area (Å²) in [5.41, 5.74) is 4.20. The average molecular weight is 381 g/mol. The number of hydrogen-bond acceptors (Lipinski definition) is 4. The summed E-state index contributed by atoms with van der Waals surface area (Å²) in [5.74, 6) is 1.79. The van der Waals surface area contributed by atoms with Crippen molar-refractivity contribution >= 4 is 5.78 Å². The van der Waals surface area contributed by atoms with Gasteiger partial charge in [-0.3, -0.25) is 4.79 Å². The van der Waals surface area contributed by atoms with Gasteiger partial charge in [-0.05, 0) is 53.4 Å². The topological polar surface area (TPSA) is 59.3 Å². The minimum Gasteiger partial charge on any atom is -0.493 e. The molecule has 0 radical (unpaired) electrons. The molecule has 0 spiro atoms. The molecule has 4 heteroatoms. The van der Waals surface area contributed by atoms with E-state index in [0.29, 0.717) is 29.9 Å². The van der Waals surface area contributed by atoms with E-state index in [0.717, 1.165) is 23.3 Å². The van der Waals surface area contributed by atoms with E-state index in [2.05, 4.69) is 12.1 Å². The van der Waals surface area contributed by atoms with Crippen LogP contribution >= 0.6 is 0 Å². The lowest BCUT2D eigenvalue weighted by molar-refractivity contribution is 0.0566. The molecule has 0 aliphatic carbocycles. The minimum atomic E-state index is -0.184. The van der Waals surface area contributed by atoms with Gasteiger partial charge in [-0.25, -0.2) is 0 Å². The third-order valence-electron chi connectivity index (χ3n) is 5.70. The molecule has 0 saturated heterocycles. The van der Waals surface area contributed by atoms with Crippen LogP contribution in [0.25, 0.3) is 11.1 Å². The highest BCUT2D eigenvalue weighted by Crippen LogP contribution is 2.37. The first kappa shape index (κ1) is 17.5. The van der Waals surface area contributed by atoms with E-state index in [4.69, 9.17) is 14.7 Å². The lowest BCUT2D eigenvalue weighted by atomic mass is 9.86. The third-order valence-corrected chi connectivity index (χ3v) is 5.70. The first-order valence-corrected chi connectivity index (χ1v) is 9.76. The molecule has 2 atom stereocenters. The number of para-hydroxylation sites is 1. The molecule has 0 fully saturated rings. The molecule has 0 aromatic heterocycles. The molecule has 5 rings (SSSR count). The van der Waals surface area contributed by atoms with Crippen molar-refractivity contribution in [1.82, 2.24) is 0 Å². The Kier molecular flexibility index (Phi) is 4.29. The number of hydrogen-bond donors (Lipinski definition) is 0. The Hall–Kier alpha value is -3.58. The van der Waals surface area contributed by atoms with E-state index in [1.54, 1.807) is 6.07 Å². The van der Waals surface area contributed by atoms with Crippen molar-refractivity contribution in [2.75, 3.05) is 6.61 Å². The zero-order chi connectivity index (χ0) is 19.8. The van der Waals surface area contributed by atoms with Crippen LogP contribution < -0.4 is 9.47 Å². The Bertz CT molecular complexity index is 1140. The molecule has 142 valence electrons. The summed E-state index contributed by atoms with van der Waals surface area (Å²) in [7, 11) is 0. The van der Waals surface area contributed by atoms with Crippen molar-refractivity contribution in [3.63, 3.8) is 0 Å². The Labute approximate surface area is 169 Å². The minimum absolute atomic E-state index is 0.0911. The maximum absolute atomic E-state index is 12.9. The fraction of sp³-hybridized carbons (Fsp3) is 0.200. The molecule has 0 saturated carbocycles. The number of carbonyl (C=O) groups is 1. The fourth-order valence-corrected chi connectivity index (χ4v) is 4.15. The Morgan fingerprint density at radius 1 is 0.897 bits per heavy atom. The number of fused-ring (bicyclic) bond motifs is 2. The SMILES string of the molecule is N#Cc1cccc(-c2ccc3c(c2)C(=O)CC(C2COc4ccccc4C2)O3)c1. The van der Waals surface area contributed by atoms with Crippen LogP contribution in [0.2, 0.25) is 0 Å². The van der Waals surface area contributed by atoms with Crippen LogP contribution in [0.5, 0.6) is 11.5 Å². The molecular formula is C25H19NO3. The third kappa shape index (κ3) is 3.25. The predicted molar refractivity (Wildman–Crippen MR) is 109 cm³/mol. The highest BCUT2D eigenvalue weighted by Gasteiger charge is 2.35. The van der Waals surface area contributed by atoms with Crippen molar-refractivity contribution in [2.45, 2.75) is 18.9 Å². The van der Waals surface area contributed by atoms with Crippen LogP contribution in [-0.4, -0.2) is 18.5 Å². The van der Waals surface area contributed by atoms with Crippen molar-refractivity contribution in [3.8, 4) is 28.7 Å². The van der Waals surface area contributed by atoms with Crippen LogP contribution in [0.4, 0.5) is 0 Å². The molecule has 2 aliphatic rings. The van der Waals surface area contributed by atoms with Crippen molar-refractivity contribution in [3.05, 3.63) is 83.4 Å². The summed E-state index contributed by atoms with van der Waals surface area (Å²) < 4.78 is 12.1. The summed E-state index contributed by atoms with van der Waals surface area (Å²) >= 11 is 0. The van der Waals surface area contributed by atoms with Gasteiger partial charge in [-0.1, -0.05) is 36.4 Å². The number of Topliss-reactive ketones (excluding diaryl/α,β-unsaturated/α-hetero) is 1. The van der Waals surface area contributed by atoms with E-state index in [-0.39, 0.29) is 17.8 Å². The molecule has 2 aliphatic heterocycles. The molecule has 4 nitrogen and oxygen atoms in total. The number of carbonyl (C=O) groups excluding carboxylic acids is 1.